The lowest BCUT2D eigenvalue weighted by molar-refractivity contribution is 0.176. The van der Waals surface area contributed by atoms with Crippen LogP contribution in [-0.2, 0) is 0 Å². The summed E-state index contributed by atoms with van der Waals surface area (Å²) < 4.78 is 18.5. The molecule has 1 atom stereocenters. The number of hydrogen-bond donors (Lipinski definition) is 1. The van der Waals surface area contributed by atoms with Crippen molar-refractivity contribution < 1.29 is 8.91 Å². The number of benzene rings is 1. The fourth-order valence-corrected chi connectivity index (χ4v) is 2.56. The van der Waals surface area contributed by atoms with Gasteiger partial charge < -0.3 is 9.84 Å². The lowest BCUT2D eigenvalue weighted by Gasteiger charge is -2.30. The van der Waals surface area contributed by atoms with Crippen molar-refractivity contribution >= 4 is 11.6 Å². The minimum atomic E-state index is -0.464. The van der Waals surface area contributed by atoms with E-state index in [2.05, 4.69) is 27.3 Å². The Morgan fingerprint density at radius 1 is 1.38 bits per heavy atom. The number of halogens is 2. The summed E-state index contributed by atoms with van der Waals surface area (Å²) in [6.45, 7) is 5.88. The maximum Gasteiger partial charge on any atom is 0.258 e. The Balaban J connectivity index is 1.80. The smallest absolute Gasteiger partial charge is 0.258 e. The van der Waals surface area contributed by atoms with Crippen molar-refractivity contribution in [2.45, 2.75) is 13.0 Å². The molecule has 0 amide bonds. The fourth-order valence-electron chi connectivity index (χ4n) is 2.38. The van der Waals surface area contributed by atoms with Gasteiger partial charge in [-0.05, 0) is 25.1 Å². The molecule has 0 aliphatic carbocycles. The third-order valence-corrected chi connectivity index (χ3v) is 3.97. The fraction of sp³-hybridized carbons (Fsp3) is 0.429. The van der Waals surface area contributed by atoms with Crippen molar-refractivity contribution in [1.82, 2.24) is 20.4 Å². The van der Waals surface area contributed by atoms with Crippen LogP contribution in [0.4, 0.5) is 4.39 Å². The van der Waals surface area contributed by atoms with E-state index in [0.717, 1.165) is 26.2 Å². The zero-order valence-corrected chi connectivity index (χ0v) is 12.4. The first-order valence-corrected chi connectivity index (χ1v) is 7.27. The highest BCUT2D eigenvalue weighted by Gasteiger charge is 2.22. The molecule has 1 N–H and O–H groups in total. The van der Waals surface area contributed by atoms with E-state index in [1.807, 2.05) is 0 Å². The highest BCUT2D eigenvalue weighted by Crippen LogP contribution is 2.25. The van der Waals surface area contributed by atoms with Gasteiger partial charge in [-0.3, -0.25) is 4.90 Å². The summed E-state index contributed by atoms with van der Waals surface area (Å²) in [5, 5.41) is 7.39. The first kappa shape index (κ1) is 14.4. The first-order chi connectivity index (χ1) is 10.1. The van der Waals surface area contributed by atoms with Gasteiger partial charge in [0.2, 0.25) is 0 Å². The largest absolute Gasteiger partial charge is 0.334 e. The Morgan fingerprint density at radius 2 is 2.14 bits per heavy atom. The van der Waals surface area contributed by atoms with Gasteiger partial charge in [0.15, 0.2) is 5.82 Å². The molecule has 1 aliphatic rings. The van der Waals surface area contributed by atoms with E-state index in [1.54, 1.807) is 6.07 Å². The molecular weight excluding hydrogens is 295 g/mol. The molecule has 112 valence electrons. The van der Waals surface area contributed by atoms with Gasteiger partial charge in [-0.1, -0.05) is 16.8 Å². The van der Waals surface area contributed by atoms with Gasteiger partial charge in [0, 0.05) is 31.7 Å². The van der Waals surface area contributed by atoms with Crippen LogP contribution in [-0.4, -0.2) is 41.2 Å². The summed E-state index contributed by atoms with van der Waals surface area (Å²) in [6, 6.07) is 4.44. The van der Waals surface area contributed by atoms with E-state index in [1.165, 1.54) is 12.1 Å². The average molecular weight is 311 g/mol. The van der Waals surface area contributed by atoms with Gasteiger partial charge >= 0.3 is 0 Å². The van der Waals surface area contributed by atoms with E-state index in [-0.39, 0.29) is 11.1 Å². The predicted octanol–water partition coefficient (Wildman–Crippen LogP) is 2.50. The molecule has 0 bridgehead atoms. The number of aromatic nitrogens is 2. The molecule has 1 aromatic carbocycles. The molecule has 0 saturated carbocycles. The predicted molar refractivity (Wildman–Crippen MR) is 77.6 cm³/mol. The lowest BCUT2D eigenvalue weighted by atomic mass is 10.2. The van der Waals surface area contributed by atoms with Crippen molar-refractivity contribution in [1.29, 1.82) is 0 Å². The molecule has 1 aliphatic heterocycles. The van der Waals surface area contributed by atoms with E-state index in [0.29, 0.717) is 17.3 Å². The number of piperazine rings is 1. The highest BCUT2D eigenvalue weighted by atomic mass is 35.5. The van der Waals surface area contributed by atoms with Crippen LogP contribution in [0.2, 0.25) is 5.02 Å². The molecule has 5 nitrogen and oxygen atoms in total. The van der Waals surface area contributed by atoms with Crippen molar-refractivity contribution in [2.24, 2.45) is 0 Å². The second-order valence-corrected chi connectivity index (χ2v) is 5.46. The summed E-state index contributed by atoms with van der Waals surface area (Å²) in [4.78, 5) is 6.70. The molecule has 3 rings (SSSR count). The van der Waals surface area contributed by atoms with Crippen molar-refractivity contribution in [3.05, 3.63) is 34.9 Å². The van der Waals surface area contributed by atoms with E-state index in [9.17, 15) is 4.39 Å². The Labute approximate surface area is 127 Å². The number of rotatable bonds is 3. The van der Waals surface area contributed by atoms with Gasteiger partial charge in [0.05, 0.1) is 11.1 Å². The molecule has 0 radical (unpaired) electrons. The molecule has 1 saturated heterocycles. The van der Waals surface area contributed by atoms with Crippen LogP contribution in [0, 0.1) is 5.82 Å². The SMILES string of the molecule is CC(c1noc(-c2ccc(F)c(Cl)c2)n1)N1CCNCC1. The Hall–Kier alpha value is -1.50. The monoisotopic (exact) mass is 310 g/mol. The van der Waals surface area contributed by atoms with Crippen LogP contribution < -0.4 is 5.32 Å². The van der Waals surface area contributed by atoms with Crippen LogP contribution in [0.5, 0.6) is 0 Å². The third-order valence-electron chi connectivity index (χ3n) is 3.68. The number of nitrogens with zero attached hydrogens (tertiary/aromatic N) is 3. The van der Waals surface area contributed by atoms with Crippen LogP contribution in [0.25, 0.3) is 11.5 Å². The second-order valence-electron chi connectivity index (χ2n) is 5.05. The van der Waals surface area contributed by atoms with Gasteiger partial charge in [-0.2, -0.15) is 4.98 Å². The molecular formula is C14H16ClFN4O. The second kappa shape index (κ2) is 6.09. The molecule has 21 heavy (non-hydrogen) atoms. The van der Waals surface area contributed by atoms with Crippen LogP contribution in [0.1, 0.15) is 18.8 Å². The quantitative estimate of drug-likeness (QED) is 0.944. The van der Waals surface area contributed by atoms with E-state index < -0.39 is 5.82 Å². The molecule has 1 aromatic heterocycles. The number of hydrogen-bond acceptors (Lipinski definition) is 5. The summed E-state index contributed by atoms with van der Waals surface area (Å²) in [7, 11) is 0. The normalized spacial score (nSPS) is 17.9. The topological polar surface area (TPSA) is 54.2 Å². The van der Waals surface area contributed by atoms with Gasteiger partial charge in [-0.25, -0.2) is 4.39 Å². The minimum absolute atomic E-state index is 0.0439. The standard InChI is InChI=1S/C14H16ClFN4O/c1-9(20-6-4-17-5-7-20)13-18-14(21-19-13)10-2-3-12(16)11(15)8-10/h2-3,8-9,17H,4-7H2,1H3. The first-order valence-electron chi connectivity index (χ1n) is 6.89. The van der Waals surface area contributed by atoms with Gasteiger partial charge in [-0.15, -0.1) is 0 Å². The minimum Gasteiger partial charge on any atom is -0.334 e. The maximum atomic E-state index is 13.2. The maximum absolute atomic E-state index is 13.2. The lowest BCUT2D eigenvalue weighted by Crippen LogP contribution is -2.44. The van der Waals surface area contributed by atoms with Crippen LogP contribution >= 0.6 is 11.6 Å². The van der Waals surface area contributed by atoms with Crippen LogP contribution in [0.15, 0.2) is 22.7 Å². The molecule has 1 fully saturated rings. The Kier molecular flexibility index (Phi) is 4.19. The van der Waals surface area contributed by atoms with Crippen molar-refractivity contribution in [3.63, 3.8) is 0 Å². The summed E-state index contributed by atoms with van der Waals surface area (Å²) in [6.07, 6.45) is 0. The summed E-state index contributed by atoms with van der Waals surface area (Å²) >= 11 is 5.77. The molecule has 7 heteroatoms. The van der Waals surface area contributed by atoms with Crippen molar-refractivity contribution in [3.8, 4) is 11.5 Å². The highest BCUT2D eigenvalue weighted by molar-refractivity contribution is 6.31. The Morgan fingerprint density at radius 3 is 2.86 bits per heavy atom. The van der Waals surface area contributed by atoms with Gasteiger partial charge in [0.1, 0.15) is 5.82 Å². The average Bonchev–Trinajstić information content (AvgIpc) is 3.00. The molecule has 0 spiro atoms. The van der Waals surface area contributed by atoms with Crippen LogP contribution in [0.3, 0.4) is 0 Å². The van der Waals surface area contributed by atoms with Crippen molar-refractivity contribution in [2.75, 3.05) is 26.2 Å². The van der Waals surface area contributed by atoms with E-state index >= 15 is 0 Å². The molecule has 2 heterocycles. The number of nitrogens with one attached hydrogen (secondary N) is 1. The Bertz CT molecular complexity index is 627. The van der Waals surface area contributed by atoms with Gasteiger partial charge in [0.25, 0.3) is 5.89 Å². The summed E-state index contributed by atoms with van der Waals surface area (Å²) in [5.41, 5.74) is 0.618. The zero-order chi connectivity index (χ0) is 14.8. The zero-order valence-electron chi connectivity index (χ0n) is 11.6. The molecule has 2 aromatic rings. The summed E-state index contributed by atoms with van der Waals surface area (Å²) in [5.74, 6) is 0.524. The third kappa shape index (κ3) is 3.07. The molecule has 1 unspecified atom stereocenters. The van der Waals surface area contributed by atoms with E-state index in [4.69, 9.17) is 16.1 Å².